The predicted octanol–water partition coefficient (Wildman–Crippen LogP) is 2.19. The third-order valence-corrected chi connectivity index (χ3v) is 3.14. The summed E-state index contributed by atoms with van der Waals surface area (Å²) >= 11 is 1.73. The van der Waals surface area contributed by atoms with Crippen LogP contribution in [-0.2, 0) is 0 Å². The fourth-order valence-corrected chi connectivity index (χ4v) is 2.33. The summed E-state index contributed by atoms with van der Waals surface area (Å²) in [6.07, 6.45) is 2.80. The monoisotopic (exact) mass is 197 g/mol. The van der Waals surface area contributed by atoms with Crippen molar-refractivity contribution < 1.29 is 4.74 Å². The molecule has 0 spiro atoms. The summed E-state index contributed by atoms with van der Waals surface area (Å²) in [5.74, 6) is 0. The summed E-state index contributed by atoms with van der Waals surface area (Å²) in [6, 6.07) is 4.17. The lowest BCUT2D eigenvalue weighted by Gasteiger charge is -2.22. The zero-order chi connectivity index (χ0) is 9.10. The molecule has 1 aromatic rings. The number of thiophene rings is 1. The second-order valence-corrected chi connectivity index (χ2v) is 4.70. The Kier molecular flexibility index (Phi) is 2.86. The van der Waals surface area contributed by atoms with Gasteiger partial charge < -0.3 is 10.1 Å². The predicted molar refractivity (Wildman–Crippen MR) is 55.6 cm³/mol. The molecule has 2 heterocycles. The Morgan fingerprint density at radius 1 is 1.54 bits per heavy atom. The SMILES string of the molecule is Cc1ccc(OC2CCCNC2)s1. The van der Waals surface area contributed by atoms with Gasteiger partial charge in [0.25, 0.3) is 0 Å². The zero-order valence-electron chi connectivity index (χ0n) is 7.88. The van der Waals surface area contributed by atoms with Gasteiger partial charge in [0.15, 0.2) is 5.06 Å². The molecule has 1 saturated heterocycles. The van der Waals surface area contributed by atoms with Crippen molar-refractivity contribution in [3.05, 3.63) is 17.0 Å². The molecule has 0 aromatic carbocycles. The van der Waals surface area contributed by atoms with Crippen molar-refractivity contribution in [3.63, 3.8) is 0 Å². The molecule has 2 rings (SSSR count). The van der Waals surface area contributed by atoms with Crippen molar-refractivity contribution in [2.75, 3.05) is 13.1 Å². The number of nitrogens with one attached hydrogen (secondary N) is 1. The molecule has 1 aliphatic heterocycles. The molecule has 1 N–H and O–H groups in total. The van der Waals surface area contributed by atoms with Gasteiger partial charge in [0.2, 0.25) is 0 Å². The van der Waals surface area contributed by atoms with Gasteiger partial charge in [-0.05, 0) is 38.4 Å². The van der Waals surface area contributed by atoms with Crippen LogP contribution in [0.2, 0.25) is 0 Å². The Bertz CT molecular complexity index is 266. The first kappa shape index (κ1) is 9.03. The quantitative estimate of drug-likeness (QED) is 0.784. The second-order valence-electron chi connectivity index (χ2n) is 3.45. The lowest BCUT2D eigenvalue weighted by atomic mass is 10.1. The van der Waals surface area contributed by atoms with E-state index in [1.807, 2.05) is 0 Å². The Balaban J connectivity index is 1.89. The maximum Gasteiger partial charge on any atom is 0.174 e. The van der Waals surface area contributed by atoms with Crippen LogP contribution in [0, 0.1) is 6.92 Å². The minimum absolute atomic E-state index is 0.381. The van der Waals surface area contributed by atoms with Crippen LogP contribution in [0.3, 0.4) is 0 Å². The molecule has 0 aliphatic carbocycles. The van der Waals surface area contributed by atoms with Crippen LogP contribution < -0.4 is 10.1 Å². The van der Waals surface area contributed by atoms with E-state index >= 15 is 0 Å². The van der Waals surface area contributed by atoms with Crippen LogP contribution in [0.1, 0.15) is 17.7 Å². The van der Waals surface area contributed by atoms with Gasteiger partial charge in [0, 0.05) is 11.4 Å². The molecule has 0 amide bonds. The standard InChI is InChI=1S/C10H15NOS/c1-8-4-5-10(13-8)12-9-3-2-6-11-7-9/h4-5,9,11H,2-3,6-7H2,1H3. The topological polar surface area (TPSA) is 21.3 Å². The number of ether oxygens (including phenoxy) is 1. The van der Waals surface area contributed by atoms with Crippen LogP contribution in [0.5, 0.6) is 5.06 Å². The van der Waals surface area contributed by atoms with E-state index < -0.39 is 0 Å². The van der Waals surface area contributed by atoms with E-state index in [1.165, 1.54) is 17.7 Å². The Morgan fingerprint density at radius 3 is 3.08 bits per heavy atom. The summed E-state index contributed by atoms with van der Waals surface area (Å²) in [4.78, 5) is 1.32. The highest BCUT2D eigenvalue weighted by Gasteiger charge is 2.14. The maximum absolute atomic E-state index is 5.83. The van der Waals surface area contributed by atoms with Crippen molar-refractivity contribution in [1.82, 2.24) is 5.32 Å². The van der Waals surface area contributed by atoms with Gasteiger partial charge in [-0.15, -0.1) is 11.3 Å². The van der Waals surface area contributed by atoms with Gasteiger partial charge in [-0.3, -0.25) is 0 Å². The van der Waals surface area contributed by atoms with E-state index in [-0.39, 0.29) is 0 Å². The fraction of sp³-hybridized carbons (Fsp3) is 0.600. The maximum atomic E-state index is 5.83. The van der Waals surface area contributed by atoms with Crippen molar-refractivity contribution in [3.8, 4) is 5.06 Å². The van der Waals surface area contributed by atoms with Gasteiger partial charge >= 0.3 is 0 Å². The zero-order valence-corrected chi connectivity index (χ0v) is 8.69. The largest absolute Gasteiger partial charge is 0.480 e. The van der Waals surface area contributed by atoms with Crippen LogP contribution >= 0.6 is 11.3 Å². The van der Waals surface area contributed by atoms with E-state index in [0.717, 1.165) is 18.2 Å². The number of aryl methyl sites for hydroxylation is 1. The fourth-order valence-electron chi connectivity index (χ4n) is 1.56. The summed E-state index contributed by atoms with van der Waals surface area (Å²) in [7, 11) is 0. The summed E-state index contributed by atoms with van der Waals surface area (Å²) < 4.78 is 5.83. The highest BCUT2D eigenvalue weighted by atomic mass is 32.1. The molecule has 3 heteroatoms. The number of hydrogen-bond acceptors (Lipinski definition) is 3. The third kappa shape index (κ3) is 2.45. The molecule has 0 bridgehead atoms. The Morgan fingerprint density at radius 2 is 2.46 bits per heavy atom. The molecule has 0 radical (unpaired) electrons. The van der Waals surface area contributed by atoms with Gasteiger partial charge in [-0.1, -0.05) is 0 Å². The molecule has 1 unspecified atom stereocenters. The van der Waals surface area contributed by atoms with E-state index in [4.69, 9.17) is 4.74 Å². The summed E-state index contributed by atoms with van der Waals surface area (Å²) in [6.45, 7) is 4.25. The first-order valence-electron chi connectivity index (χ1n) is 4.78. The van der Waals surface area contributed by atoms with Gasteiger partial charge in [-0.2, -0.15) is 0 Å². The highest BCUT2D eigenvalue weighted by Crippen LogP contribution is 2.25. The Hall–Kier alpha value is -0.540. The minimum Gasteiger partial charge on any atom is -0.480 e. The molecular weight excluding hydrogens is 182 g/mol. The molecule has 1 aliphatic rings. The summed E-state index contributed by atoms with van der Waals surface area (Å²) in [5.41, 5.74) is 0. The highest BCUT2D eigenvalue weighted by molar-refractivity contribution is 7.13. The number of hydrogen-bond donors (Lipinski definition) is 1. The van der Waals surface area contributed by atoms with Gasteiger partial charge in [0.05, 0.1) is 0 Å². The Labute approximate surface area is 82.9 Å². The van der Waals surface area contributed by atoms with E-state index in [1.54, 1.807) is 11.3 Å². The van der Waals surface area contributed by atoms with Crippen LogP contribution in [0.4, 0.5) is 0 Å². The number of rotatable bonds is 2. The molecule has 2 nitrogen and oxygen atoms in total. The molecule has 1 aromatic heterocycles. The lowest BCUT2D eigenvalue weighted by Crippen LogP contribution is -2.36. The summed E-state index contributed by atoms with van der Waals surface area (Å²) in [5, 5.41) is 4.40. The molecular formula is C10H15NOS. The molecule has 72 valence electrons. The van der Waals surface area contributed by atoms with Crippen molar-refractivity contribution >= 4 is 11.3 Å². The molecule has 1 atom stereocenters. The number of piperidine rings is 1. The lowest BCUT2D eigenvalue weighted by molar-refractivity contribution is 0.172. The van der Waals surface area contributed by atoms with Gasteiger partial charge in [-0.25, -0.2) is 0 Å². The van der Waals surface area contributed by atoms with Crippen molar-refractivity contribution in [2.24, 2.45) is 0 Å². The smallest absolute Gasteiger partial charge is 0.174 e. The van der Waals surface area contributed by atoms with E-state index in [0.29, 0.717) is 6.10 Å². The molecule has 0 saturated carbocycles. The van der Waals surface area contributed by atoms with E-state index in [2.05, 4.69) is 24.4 Å². The van der Waals surface area contributed by atoms with Crippen molar-refractivity contribution in [2.45, 2.75) is 25.9 Å². The van der Waals surface area contributed by atoms with E-state index in [9.17, 15) is 0 Å². The molecule has 1 fully saturated rings. The second kappa shape index (κ2) is 4.11. The van der Waals surface area contributed by atoms with Crippen LogP contribution in [-0.4, -0.2) is 19.2 Å². The van der Waals surface area contributed by atoms with Crippen LogP contribution in [0.25, 0.3) is 0 Å². The molecule has 13 heavy (non-hydrogen) atoms. The average Bonchev–Trinajstić information content (AvgIpc) is 2.53. The van der Waals surface area contributed by atoms with Crippen molar-refractivity contribution in [1.29, 1.82) is 0 Å². The minimum atomic E-state index is 0.381. The third-order valence-electron chi connectivity index (χ3n) is 2.25. The first-order valence-corrected chi connectivity index (χ1v) is 5.60. The average molecular weight is 197 g/mol. The van der Waals surface area contributed by atoms with Crippen LogP contribution in [0.15, 0.2) is 12.1 Å². The normalized spacial score (nSPS) is 23.0. The van der Waals surface area contributed by atoms with Gasteiger partial charge in [0.1, 0.15) is 6.10 Å². The first-order chi connectivity index (χ1) is 6.34.